The molecule has 1 atom stereocenters. The Bertz CT molecular complexity index is 1060. The lowest BCUT2D eigenvalue weighted by Gasteiger charge is -2.36. The van der Waals surface area contributed by atoms with Crippen LogP contribution in [-0.2, 0) is 9.59 Å². The topological polar surface area (TPSA) is 97.0 Å². The summed E-state index contributed by atoms with van der Waals surface area (Å²) in [5.41, 5.74) is 1.57. The van der Waals surface area contributed by atoms with Crippen LogP contribution in [0.3, 0.4) is 0 Å². The van der Waals surface area contributed by atoms with Crippen LogP contribution in [0.2, 0.25) is 0 Å². The van der Waals surface area contributed by atoms with Gasteiger partial charge in [-0.3, -0.25) is 14.4 Å². The number of fused-ring (bicyclic) bond motifs is 1. The molecule has 1 saturated carbocycles. The van der Waals surface area contributed by atoms with E-state index in [1.165, 1.54) is 0 Å². The number of nitrogens with one attached hydrogen (secondary N) is 2. The van der Waals surface area contributed by atoms with Crippen LogP contribution in [0.5, 0.6) is 11.5 Å². The summed E-state index contributed by atoms with van der Waals surface area (Å²) in [4.78, 5) is 41.0. The van der Waals surface area contributed by atoms with Crippen molar-refractivity contribution in [1.29, 1.82) is 0 Å². The van der Waals surface area contributed by atoms with Crippen molar-refractivity contribution in [2.75, 3.05) is 19.0 Å². The van der Waals surface area contributed by atoms with E-state index in [0.717, 1.165) is 25.7 Å². The zero-order valence-electron chi connectivity index (χ0n) is 19.8. The first-order chi connectivity index (χ1) is 16.4. The van der Waals surface area contributed by atoms with Crippen LogP contribution in [0.1, 0.15) is 61.5 Å². The Morgan fingerprint density at radius 3 is 2.47 bits per heavy atom. The number of hydrogen-bond acceptors (Lipinski definition) is 5. The molecule has 0 spiro atoms. The molecule has 0 unspecified atom stereocenters. The highest BCUT2D eigenvalue weighted by Gasteiger charge is 2.38. The monoisotopic (exact) mass is 465 g/mol. The smallest absolute Gasteiger partial charge is 0.262 e. The molecule has 2 aromatic rings. The predicted octanol–water partition coefficient (Wildman–Crippen LogP) is 3.68. The van der Waals surface area contributed by atoms with Crippen molar-refractivity contribution in [1.82, 2.24) is 10.2 Å². The van der Waals surface area contributed by atoms with Crippen LogP contribution in [-0.4, -0.2) is 48.4 Å². The average Bonchev–Trinajstić information content (AvgIpc) is 3.35. The van der Waals surface area contributed by atoms with Gasteiger partial charge in [-0.2, -0.15) is 0 Å². The van der Waals surface area contributed by atoms with Gasteiger partial charge in [-0.25, -0.2) is 0 Å². The van der Waals surface area contributed by atoms with Gasteiger partial charge < -0.3 is 25.0 Å². The first kappa shape index (κ1) is 23.6. The van der Waals surface area contributed by atoms with Gasteiger partial charge >= 0.3 is 0 Å². The molecule has 8 nitrogen and oxygen atoms in total. The lowest BCUT2D eigenvalue weighted by atomic mass is 9.99. The number of amides is 3. The first-order valence-electron chi connectivity index (χ1n) is 11.7. The predicted molar refractivity (Wildman–Crippen MR) is 128 cm³/mol. The molecule has 0 aromatic heterocycles. The third kappa shape index (κ3) is 5.00. The minimum absolute atomic E-state index is 0.0522. The van der Waals surface area contributed by atoms with Crippen molar-refractivity contribution in [3.63, 3.8) is 0 Å². The maximum absolute atomic E-state index is 14.0. The van der Waals surface area contributed by atoms with Crippen molar-refractivity contribution in [2.45, 2.75) is 57.7 Å². The number of ether oxygens (including phenoxy) is 2. The number of benzene rings is 2. The molecular weight excluding hydrogens is 434 g/mol. The first-order valence-corrected chi connectivity index (χ1v) is 11.7. The molecule has 1 aliphatic carbocycles. The van der Waals surface area contributed by atoms with Crippen LogP contribution >= 0.6 is 0 Å². The molecule has 1 heterocycles. The summed E-state index contributed by atoms with van der Waals surface area (Å²) in [5, 5.41) is 5.75. The molecule has 1 fully saturated rings. The number of carbonyl (C=O) groups excluding carboxylic acids is 3. The lowest BCUT2D eigenvalue weighted by Crippen LogP contribution is -2.49. The van der Waals surface area contributed by atoms with Gasteiger partial charge in [0, 0.05) is 17.6 Å². The summed E-state index contributed by atoms with van der Waals surface area (Å²) in [6.45, 7) is 3.75. The molecule has 8 heteroatoms. The third-order valence-corrected chi connectivity index (χ3v) is 6.20. The van der Waals surface area contributed by atoms with Crippen molar-refractivity contribution < 1.29 is 23.9 Å². The Kier molecular flexibility index (Phi) is 7.05. The highest BCUT2D eigenvalue weighted by atomic mass is 16.5. The van der Waals surface area contributed by atoms with Crippen molar-refractivity contribution in [3.8, 4) is 11.5 Å². The van der Waals surface area contributed by atoms with E-state index >= 15 is 0 Å². The van der Waals surface area contributed by atoms with Crippen molar-refractivity contribution in [3.05, 3.63) is 53.6 Å². The van der Waals surface area contributed by atoms with Gasteiger partial charge in [-0.15, -0.1) is 0 Å². The molecule has 0 bridgehead atoms. The molecule has 2 aliphatic rings. The highest BCUT2D eigenvalue weighted by Crippen LogP contribution is 2.35. The molecule has 3 amide bonds. The molecule has 2 N–H and O–H groups in total. The minimum atomic E-state index is -0.800. The summed E-state index contributed by atoms with van der Waals surface area (Å²) in [6.07, 6.45) is 3.67. The molecular formula is C26H31N3O5. The summed E-state index contributed by atoms with van der Waals surface area (Å²) in [6, 6.07) is 11.3. The van der Waals surface area contributed by atoms with E-state index in [4.69, 9.17) is 9.47 Å². The maximum atomic E-state index is 14.0. The number of rotatable bonds is 7. The minimum Gasteiger partial charge on any atom is -0.497 e. The van der Waals surface area contributed by atoms with Gasteiger partial charge in [-0.1, -0.05) is 25.0 Å². The normalized spacial score (nSPS) is 16.3. The fourth-order valence-electron chi connectivity index (χ4n) is 4.63. The molecule has 2 aromatic carbocycles. The number of nitrogens with zero attached hydrogens (tertiary/aromatic N) is 1. The number of carbonyl (C=O) groups is 3. The van der Waals surface area contributed by atoms with Crippen LogP contribution in [0.15, 0.2) is 42.5 Å². The van der Waals surface area contributed by atoms with E-state index in [1.54, 1.807) is 42.3 Å². The molecule has 34 heavy (non-hydrogen) atoms. The van der Waals surface area contributed by atoms with Gasteiger partial charge in [0.15, 0.2) is 6.61 Å². The van der Waals surface area contributed by atoms with E-state index < -0.39 is 6.04 Å². The second-order valence-corrected chi connectivity index (χ2v) is 9.04. The van der Waals surface area contributed by atoms with E-state index in [0.29, 0.717) is 28.3 Å². The fourth-order valence-corrected chi connectivity index (χ4v) is 4.63. The SMILES string of the molecule is COc1ccc([C@H](C(=O)NC(C)C)N(C(=O)c2ccc3c(c2)NC(=O)CO3)C2CCCC2)cc1. The maximum Gasteiger partial charge on any atom is 0.262 e. The van der Waals surface area contributed by atoms with Gasteiger partial charge in [0.2, 0.25) is 5.91 Å². The third-order valence-electron chi connectivity index (χ3n) is 6.20. The van der Waals surface area contributed by atoms with Gasteiger partial charge in [0.25, 0.3) is 11.8 Å². The Balaban J connectivity index is 1.76. The second-order valence-electron chi connectivity index (χ2n) is 9.04. The average molecular weight is 466 g/mol. The van der Waals surface area contributed by atoms with E-state index in [-0.39, 0.29) is 36.4 Å². The van der Waals surface area contributed by atoms with Crippen LogP contribution < -0.4 is 20.1 Å². The lowest BCUT2D eigenvalue weighted by molar-refractivity contribution is -0.127. The van der Waals surface area contributed by atoms with E-state index in [9.17, 15) is 14.4 Å². The van der Waals surface area contributed by atoms with Gasteiger partial charge in [-0.05, 0) is 62.6 Å². The largest absolute Gasteiger partial charge is 0.497 e. The van der Waals surface area contributed by atoms with E-state index in [1.807, 2.05) is 26.0 Å². The number of methoxy groups -OCH3 is 1. The molecule has 1 aliphatic heterocycles. The van der Waals surface area contributed by atoms with E-state index in [2.05, 4.69) is 10.6 Å². The summed E-state index contributed by atoms with van der Waals surface area (Å²) < 4.78 is 10.7. The Labute approximate surface area is 199 Å². The molecule has 4 rings (SSSR count). The van der Waals surface area contributed by atoms with Crippen LogP contribution in [0, 0.1) is 0 Å². The van der Waals surface area contributed by atoms with Gasteiger partial charge in [0.05, 0.1) is 12.8 Å². The summed E-state index contributed by atoms with van der Waals surface area (Å²) in [7, 11) is 1.59. The zero-order valence-corrected chi connectivity index (χ0v) is 19.8. The standard InChI is InChI=1S/C26H31N3O5/c1-16(2)27-25(31)24(17-8-11-20(33-3)12-9-17)29(19-6-4-5-7-19)26(32)18-10-13-22-21(14-18)28-23(30)15-34-22/h8-14,16,19,24H,4-7,15H2,1-3H3,(H,27,31)(H,28,30)/t24-/m1/s1. The quantitative estimate of drug-likeness (QED) is 0.650. The molecule has 0 radical (unpaired) electrons. The van der Waals surface area contributed by atoms with Crippen LogP contribution in [0.4, 0.5) is 5.69 Å². The summed E-state index contributed by atoms with van der Waals surface area (Å²) >= 11 is 0. The Hall–Kier alpha value is -3.55. The Morgan fingerprint density at radius 2 is 1.82 bits per heavy atom. The number of anilines is 1. The fraction of sp³-hybridized carbons (Fsp3) is 0.423. The van der Waals surface area contributed by atoms with Crippen molar-refractivity contribution >= 4 is 23.4 Å². The summed E-state index contributed by atoms with van der Waals surface area (Å²) in [5.74, 6) is 0.449. The Morgan fingerprint density at radius 1 is 1.12 bits per heavy atom. The number of hydrogen-bond donors (Lipinski definition) is 2. The van der Waals surface area contributed by atoms with Crippen molar-refractivity contribution in [2.24, 2.45) is 0 Å². The second kappa shape index (κ2) is 10.2. The molecule has 180 valence electrons. The zero-order chi connectivity index (χ0) is 24.2. The highest BCUT2D eigenvalue weighted by molar-refractivity contribution is 6.01. The van der Waals surface area contributed by atoms with Crippen LogP contribution in [0.25, 0.3) is 0 Å². The molecule has 0 saturated heterocycles. The van der Waals surface area contributed by atoms with Gasteiger partial charge in [0.1, 0.15) is 17.5 Å².